The summed E-state index contributed by atoms with van der Waals surface area (Å²) >= 11 is 0. The van der Waals surface area contributed by atoms with Gasteiger partial charge in [0.25, 0.3) is 0 Å². The Morgan fingerprint density at radius 2 is 1.66 bits per heavy atom. The quantitative estimate of drug-likeness (QED) is 0.606. The molecule has 176 valence electrons. The molecule has 1 aromatic heterocycles. The van der Waals surface area contributed by atoms with Crippen LogP contribution in [0.2, 0.25) is 0 Å². The van der Waals surface area contributed by atoms with Crippen LogP contribution in [0.15, 0.2) is 24.3 Å². The van der Waals surface area contributed by atoms with Gasteiger partial charge in [-0.05, 0) is 38.9 Å². The van der Waals surface area contributed by atoms with E-state index in [2.05, 4.69) is 15.9 Å². The summed E-state index contributed by atoms with van der Waals surface area (Å²) in [6.07, 6.45) is -1.68. The fourth-order valence-corrected chi connectivity index (χ4v) is 4.74. The first-order valence-electron chi connectivity index (χ1n) is 11.5. The van der Waals surface area contributed by atoms with Gasteiger partial charge in [0.05, 0.1) is 17.9 Å². The zero-order valence-electron chi connectivity index (χ0n) is 18.9. The zero-order chi connectivity index (χ0) is 22.8. The molecule has 0 saturated carbocycles. The molecule has 1 aliphatic carbocycles. The molecular formula is C24H34FN3O4. The lowest BCUT2D eigenvalue weighted by molar-refractivity contribution is 0.0700. The van der Waals surface area contributed by atoms with Gasteiger partial charge in [0, 0.05) is 56.7 Å². The normalized spacial score (nSPS) is 21.7. The van der Waals surface area contributed by atoms with E-state index in [-0.39, 0.29) is 30.7 Å². The lowest BCUT2D eigenvalue weighted by Gasteiger charge is -2.37. The lowest BCUT2D eigenvalue weighted by atomic mass is 9.91. The number of fused-ring (bicyclic) bond motifs is 1. The largest absolute Gasteiger partial charge is 0.494 e. The van der Waals surface area contributed by atoms with Crippen LogP contribution < -0.4 is 9.64 Å². The van der Waals surface area contributed by atoms with E-state index in [1.54, 1.807) is 0 Å². The molecule has 0 bridgehead atoms. The Morgan fingerprint density at radius 1 is 1.00 bits per heavy atom. The highest BCUT2D eigenvalue weighted by Crippen LogP contribution is 2.39. The van der Waals surface area contributed by atoms with Crippen molar-refractivity contribution in [1.29, 1.82) is 0 Å². The van der Waals surface area contributed by atoms with Gasteiger partial charge in [-0.25, -0.2) is 4.39 Å². The third-order valence-corrected chi connectivity index (χ3v) is 6.44. The minimum Gasteiger partial charge on any atom is -0.494 e. The first-order valence-corrected chi connectivity index (χ1v) is 11.5. The molecule has 2 aliphatic rings. The van der Waals surface area contributed by atoms with E-state index in [0.29, 0.717) is 17.7 Å². The molecule has 7 nitrogen and oxygen atoms in total. The van der Waals surface area contributed by atoms with Crippen LogP contribution in [0.25, 0.3) is 0 Å². The summed E-state index contributed by atoms with van der Waals surface area (Å²) in [4.78, 5) is 4.73. The Kier molecular flexibility index (Phi) is 6.81. The molecule has 4 rings (SSSR count). The van der Waals surface area contributed by atoms with E-state index >= 15 is 0 Å². The van der Waals surface area contributed by atoms with Gasteiger partial charge in [-0.15, -0.1) is 0 Å². The van der Waals surface area contributed by atoms with Crippen LogP contribution in [0.3, 0.4) is 0 Å². The van der Waals surface area contributed by atoms with Crippen LogP contribution in [0.1, 0.15) is 31.4 Å². The van der Waals surface area contributed by atoms with Gasteiger partial charge >= 0.3 is 0 Å². The van der Waals surface area contributed by atoms with E-state index in [4.69, 9.17) is 4.74 Å². The van der Waals surface area contributed by atoms with Gasteiger partial charge in [0.1, 0.15) is 11.9 Å². The predicted molar refractivity (Wildman–Crippen MR) is 122 cm³/mol. The molecular weight excluding hydrogens is 413 g/mol. The van der Waals surface area contributed by atoms with Crippen molar-refractivity contribution in [2.24, 2.45) is 0 Å². The second kappa shape index (κ2) is 9.58. The summed E-state index contributed by atoms with van der Waals surface area (Å²) in [5, 5.41) is 30.7. The highest BCUT2D eigenvalue weighted by Gasteiger charge is 2.34. The van der Waals surface area contributed by atoms with Gasteiger partial charge < -0.3 is 25.0 Å². The average Bonchev–Trinajstić information content (AvgIpc) is 2.99. The summed E-state index contributed by atoms with van der Waals surface area (Å²) in [5.41, 5.74) is 2.03. The molecule has 2 atom stereocenters. The highest BCUT2D eigenvalue weighted by atomic mass is 19.1. The summed E-state index contributed by atoms with van der Waals surface area (Å²) in [6, 6.07) is 8.15. The first kappa shape index (κ1) is 22.7. The molecule has 1 aromatic carbocycles. The van der Waals surface area contributed by atoms with Crippen LogP contribution in [0.5, 0.6) is 17.5 Å². The molecule has 0 radical (unpaired) electrons. The fraction of sp³-hybridized carbons (Fsp3) is 0.583. The zero-order valence-corrected chi connectivity index (χ0v) is 18.9. The molecule has 3 N–H and O–H groups in total. The number of aromatic nitrogens is 1. The summed E-state index contributed by atoms with van der Waals surface area (Å²) in [5.74, 6) is 0.799. The summed E-state index contributed by atoms with van der Waals surface area (Å²) < 4.78 is 21.3. The maximum atomic E-state index is 13.8. The number of aromatic hydroxyl groups is 2. The van der Waals surface area contributed by atoms with Gasteiger partial charge in [-0.3, -0.25) is 9.47 Å². The number of piperazine rings is 1. The monoisotopic (exact) mass is 447 g/mol. The van der Waals surface area contributed by atoms with Crippen molar-refractivity contribution in [2.45, 2.75) is 58.0 Å². The minimum absolute atomic E-state index is 0.0346. The number of hydrogen-bond acceptors (Lipinski definition) is 6. The van der Waals surface area contributed by atoms with Crippen LogP contribution in [0.4, 0.5) is 10.1 Å². The van der Waals surface area contributed by atoms with E-state index < -0.39 is 12.3 Å². The van der Waals surface area contributed by atoms with Crippen molar-refractivity contribution in [3.63, 3.8) is 0 Å². The molecule has 2 unspecified atom stereocenters. The van der Waals surface area contributed by atoms with Crippen LogP contribution in [-0.2, 0) is 19.4 Å². The third kappa shape index (κ3) is 4.66. The van der Waals surface area contributed by atoms with Crippen LogP contribution in [0, 0.1) is 0 Å². The molecule has 1 aliphatic heterocycles. The lowest BCUT2D eigenvalue weighted by Crippen LogP contribution is -2.46. The number of nitrogens with zero attached hydrogens (tertiary/aromatic N) is 3. The number of aliphatic hydroxyl groups is 1. The van der Waals surface area contributed by atoms with Crippen molar-refractivity contribution in [1.82, 2.24) is 9.47 Å². The Hall–Kier alpha value is -2.45. The topological polar surface area (TPSA) is 81.3 Å². The minimum atomic E-state index is -1.41. The smallest absolute Gasteiger partial charge is 0.197 e. The van der Waals surface area contributed by atoms with Crippen molar-refractivity contribution in [3.05, 3.63) is 35.4 Å². The summed E-state index contributed by atoms with van der Waals surface area (Å²) in [7, 11) is 0. The van der Waals surface area contributed by atoms with E-state index in [0.717, 1.165) is 50.6 Å². The van der Waals surface area contributed by atoms with Gasteiger partial charge in [-0.2, -0.15) is 0 Å². The first-order chi connectivity index (χ1) is 15.3. The SMILES string of the molecule is CC(C)Oc1ccccc1N1CCN(CCCn2c(O)c3c(c2O)CC(F)C(O)C3)CC1. The standard InChI is InChI=1S/C24H34FN3O4/c1-16(2)32-22-7-4-3-6-20(22)27-12-10-26(11-13-27)8-5-9-28-23(30)17-14-19(25)21(29)15-18(17)24(28)31/h3-4,6-7,16,19,21,29-31H,5,8-15H2,1-2H3. The molecule has 2 heterocycles. The van der Waals surface area contributed by atoms with Crippen LogP contribution >= 0.6 is 0 Å². The predicted octanol–water partition coefficient (Wildman–Crippen LogP) is 2.70. The number of alkyl halides is 1. The van der Waals surface area contributed by atoms with E-state index in [1.807, 2.05) is 32.0 Å². The van der Waals surface area contributed by atoms with Crippen molar-refractivity contribution in [3.8, 4) is 17.5 Å². The molecule has 1 saturated heterocycles. The Balaban J connectivity index is 1.30. The summed E-state index contributed by atoms with van der Waals surface area (Å²) in [6.45, 7) is 9.01. The molecule has 8 heteroatoms. The van der Waals surface area contributed by atoms with Gasteiger partial charge in [0.15, 0.2) is 11.8 Å². The number of aliphatic hydroxyl groups excluding tert-OH is 1. The Labute approximate surface area is 188 Å². The highest BCUT2D eigenvalue weighted by molar-refractivity contribution is 5.58. The molecule has 0 spiro atoms. The molecule has 2 aromatic rings. The van der Waals surface area contributed by atoms with Crippen molar-refractivity contribution < 1.29 is 24.4 Å². The molecule has 0 amide bonds. The number of ether oxygens (including phenoxy) is 1. The number of halogens is 1. The maximum Gasteiger partial charge on any atom is 0.197 e. The molecule has 1 fully saturated rings. The molecule has 32 heavy (non-hydrogen) atoms. The number of hydrogen-bond donors (Lipinski definition) is 3. The number of benzene rings is 1. The van der Waals surface area contributed by atoms with Crippen molar-refractivity contribution >= 4 is 5.69 Å². The van der Waals surface area contributed by atoms with Gasteiger partial charge in [0.2, 0.25) is 0 Å². The fourth-order valence-electron chi connectivity index (χ4n) is 4.74. The second-order valence-electron chi connectivity index (χ2n) is 9.06. The Morgan fingerprint density at radius 3 is 2.34 bits per heavy atom. The number of rotatable bonds is 7. The Bertz CT molecular complexity index is 891. The average molecular weight is 448 g/mol. The van der Waals surface area contributed by atoms with Gasteiger partial charge in [-0.1, -0.05) is 12.1 Å². The maximum absolute atomic E-state index is 13.8. The number of anilines is 1. The number of para-hydroxylation sites is 2. The van der Waals surface area contributed by atoms with Crippen molar-refractivity contribution in [2.75, 3.05) is 37.6 Å². The second-order valence-corrected chi connectivity index (χ2v) is 9.06. The van der Waals surface area contributed by atoms with E-state index in [9.17, 15) is 19.7 Å². The third-order valence-electron chi connectivity index (χ3n) is 6.44. The van der Waals surface area contributed by atoms with E-state index in [1.165, 1.54) is 4.57 Å². The van der Waals surface area contributed by atoms with Crippen LogP contribution in [-0.4, -0.2) is 75.9 Å².